The molecule has 2 aliphatic rings. The number of piperidine rings is 1. The number of hydrogen-bond acceptors (Lipinski definition) is 5. The largest absolute Gasteiger partial charge is 0.359 e. The van der Waals surface area contributed by atoms with Gasteiger partial charge in [-0.15, -0.1) is 0 Å². The van der Waals surface area contributed by atoms with Gasteiger partial charge in [-0.2, -0.15) is 0 Å². The second-order valence-electron chi connectivity index (χ2n) is 6.73. The summed E-state index contributed by atoms with van der Waals surface area (Å²) >= 11 is 0. The minimum Gasteiger partial charge on any atom is -0.359 e. The Balaban J connectivity index is 1.56. The highest BCUT2D eigenvalue weighted by Gasteiger charge is 2.27. The molecular formula is C17H28N4O2. The number of nitrogens with zero attached hydrogens (tertiary/aromatic N) is 4. The number of aromatic nitrogens is 1. The van der Waals surface area contributed by atoms with Crippen LogP contribution in [0, 0.1) is 0 Å². The lowest BCUT2D eigenvalue weighted by molar-refractivity contribution is 0.0624. The molecule has 0 aromatic carbocycles. The third-order valence-corrected chi connectivity index (χ3v) is 5.13. The standard InChI is InChI=1S/C17H28N4O2/c1-3-19-8-10-20(11-9-19)13-15-12-16(18-23-15)17(22)21-7-5-4-6-14(21)2/h12,14H,3-11,13H2,1-2H3/t14-/m1/s1. The van der Waals surface area contributed by atoms with Crippen LogP contribution in [0.25, 0.3) is 0 Å². The highest BCUT2D eigenvalue weighted by molar-refractivity contribution is 5.92. The topological polar surface area (TPSA) is 52.8 Å². The van der Waals surface area contributed by atoms with Crippen molar-refractivity contribution in [1.82, 2.24) is 19.9 Å². The molecule has 128 valence electrons. The Morgan fingerprint density at radius 2 is 1.96 bits per heavy atom. The van der Waals surface area contributed by atoms with E-state index < -0.39 is 0 Å². The first-order valence-corrected chi connectivity index (χ1v) is 8.88. The van der Waals surface area contributed by atoms with Gasteiger partial charge in [0.25, 0.3) is 5.91 Å². The van der Waals surface area contributed by atoms with E-state index in [1.54, 1.807) is 0 Å². The van der Waals surface area contributed by atoms with Gasteiger partial charge in [0, 0.05) is 44.8 Å². The predicted octanol–water partition coefficient (Wildman–Crippen LogP) is 1.83. The molecular weight excluding hydrogens is 292 g/mol. The van der Waals surface area contributed by atoms with Crippen molar-refractivity contribution < 1.29 is 9.32 Å². The maximum absolute atomic E-state index is 12.6. The molecule has 0 aliphatic carbocycles. The number of hydrogen-bond donors (Lipinski definition) is 0. The molecule has 6 heteroatoms. The monoisotopic (exact) mass is 320 g/mol. The van der Waals surface area contributed by atoms with E-state index in [1.165, 1.54) is 6.42 Å². The summed E-state index contributed by atoms with van der Waals surface area (Å²) in [7, 11) is 0. The summed E-state index contributed by atoms with van der Waals surface area (Å²) in [6.07, 6.45) is 3.37. The predicted molar refractivity (Wildman–Crippen MR) is 88.2 cm³/mol. The van der Waals surface area contributed by atoms with Crippen molar-refractivity contribution in [2.75, 3.05) is 39.3 Å². The Labute approximate surface area is 138 Å². The van der Waals surface area contributed by atoms with Gasteiger partial charge in [0.2, 0.25) is 0 Å². The Kier molecular flexibility index (Phi) is 5.33. The molecule has 2 saturated heterocycles. The summed E-state index contributed by atoms with van der Waals surface area (Å²) in [5.41, 5.74) is 0.459. The average molecular weight is 320 g/mol. The van der Waals surface area contributed by atoms with Crippen molar-refractivity contribution in [1.29, 1.82) is 0 Å². The second kappa shape index (κ2) is 7.45. The molecule has 0 saturated carbocycles. The van der Waals surface area contributed by atoms with E-state index in [-0.39, 0.29) is 5.91 Å². The van der Waals surface area contributed by atoms with Crippen LogP contribution in [0.3, 0.4) is 0 Å². The smallest absolute Gasteiger partial charge is 0.276 e. The van der Waals surface area contributed by atoms with Gasteiger partial charge in [-0.3, -0.25) is 9.69 Å². The minimum absolute atomic E-state index is 0.0167. The van der Waals surface area contributed by atoms with Crippen molar-refractivity contribution in [3.05, 3.63) is 17.5 Å². The first-order chi connectivity index (χ1) is 11.2. The quantitative estimate of drug-likeness (QED) is 0.847. The lowest BCUT2D eigenvalue weighted by Crippen LogP contribution is -2.45. The molecule has 1 aromatic heterocycles. The second-order valence-corrected chi connectivity index (χ2v) is 6.73. The number of rotatable bonds is 4. The highest BCUT2D eigenvalue weighted by Crippen LogP contribution is 2.19. The maximum atomic E-state index is 12.6. The first-order valence-electron chi connectivity index (χ1n) is 8.88. The van der Waals surface area contributed by atoms with Crippen LogP contribution in [-0.2, 0) is 6.54 Å². The van der Waals surface area contributed by atoms with Gasteiger partial charge < -0.3 is 14.3 Å². The van der Waals surface area contributed by atoms with Gasteiger partial charge in [-0.25, -0.2) is 0 Å². The van der Waals surface area contributed by atoms with Crippen LogP contribution in [-0.4, -0.2) is 71.1 Å². The SMILES string of the molecule is CCN1CCN(Cc2cc(C(=O)N3CCCC[C@H]3C)no2)CC1. The summed E-state index contributed by atoms with van der Waals surface area (Å²) in [6, 6.07) is 2.13. The molecule has 1 atom stereocenters. The molecule has 0 bridgehead atoms. The summed E-state index contributed by atoms with van der Waals surface area (Å²) < 4.78 is 5.41. The third kappa shape index (κ3) is 3.93. The Morgan fingerprint density at radius 3 is 2.65 bits per heavy atom. The number of carbonyl (C=O) groups is 1. The van der Waals surface area contributed by atoms with Crippen LogP contribution in [0.1, 0.15) is 49.4 Å². The number of likely N-dealkylation sites (N-methyl/N-ethyl adjacent to an activating group) is 1. The van der Waals surface area contributed by atoms with Crippen LogP contribution in [0.4, 0.5) is 0 Å². The van der Waals surface area contributed by atoms with Crippen molar-refractivity contribution >= 4 is 5.91 Å². The van der Waals surface area contributed by atoms with Gasteiger partial charge in [0.05, 0.1) is 6.54 Å². The van der Waals surface area contributed by atoms with Crippen LogP contribution >= 0.6 is 0 Å². The fourth-order valence-electron chi connectivity index (χ4n) is 3.52. The normalized spacial score (nSPS) is 24.1. The Morgan fingerprint density at radius 1 is 1.22 bits per heavy atom. The van der Waals surface area contributed by atoms with Crippen LogP contribution < -0.4 is 0 Å². The fourth-order valence-corrected chi connectivity index (χ4v) is 3.52. The van der Waals surface area contributed by atoms with E-state index in [0.29, 0.717) is 11.7 Å². The molecule has 2 fully saturated rings. The summed E-state index contributed by atoms with van der Waals surface area (Å²) in [5.74, 6) is 0.811. The fraction of sp³-hybridized carbons (Fsp3) is 0.765. The molecule has 3 rings (SSSR count). The van der Waals surface area contributed by atoms with E-state index in [4.69, 9.17) is 4.52 Å². The minimum atomic E-state index is 0.0167. The zero-order valence-electron chi connectivity index (χ0n) is 14.3. The molecule has 23 heavy (non-hydrogen) atoms. The molecule has 0 spiro atoms. The van der Waals surface area contributed by atoms with E-state index in [0.717, 1.165) is 64.4 Å². The summed E-state index contributed by atoms with van der Waals surface area (Å²) in [4.78, 5) is 19.3. The number of piperazine rings is 1. The zero-order chi connectivity index (χ0) is 16.2. The van der Waals surface area contributed by atoms with E-state index in [1.807, 2.05) is 11.0 Å². The van der Waals surface area contributed by atoms with Gasteiger partial charge in [-0.05, 0) is 32.7 Å². The van der Waals surface area contributed by atoms with Crippen molar-refractivity contribution in [2.24, 2.45) is 0 Å². The van der Waals surface area contributed by atoms with Crippen molar-refractivity contribution in [3.8, 4) is 0 Å². The van der Waals surface area contributed by atoms with Crippen molar-refractivity contribution in [2.45, 2.75) is 45.7 Å². The molecule has 1 aromatic rings. The van der Waals surface area contributed by atoms with E-state index in [9.17, 15) is 4.79 Å². The van der Waals surface area contributed by atoms with Gasteiger partial charge in [-0.1, -0.05) is 12.1 Å². The molecule has 2 aliphatic heterocycles. The van der Waals surface area contributed by atoms with Gasteiger partial charge in [0.15, 0.2) is 11.5 Å². The third-order valence-electron chi connectivity index (χ3n) is 5.13. The zero-order valence-corrected chi connectivity index (χ0v) is 14.3. The van der Waals surface area contributed by atoms with Crippen LogP contribution in [0.2, 0.25) is 0 Å². The summed E-state index contributed by atoms with van der Waals surface area (Å²) in [5, 5.41) is 4.02. The van der Waals surface area contributed by atoms with Crippen LogP contribution in [0.15, 0.2) is 10.6 Å². The van der Waals surface area contributed by atoms with E-state index >= 15 is 0 Å². The van der Waals surface area contributed by atoms with Gasteiger partial charge >= 0.3 is 0 Å². The number of likely N-dealkylation sites (tertiary alicyclic amines) is 1. The van der Waals surface area contributed by atoms with Crippen molar-refractivity contribution in [3.63, 3.8) is 0 Å². The molecule has 3 heterocycles. The molecule has 1 amide bonds. The molecule has 0 unspecified atom stereocenters. The highest BCUT2D eigenvalue weighted by atomic mass is 16.5. The lowest BCUT2D eigenvalue weighted by Gasteiger charge is -2.33. The molecule has 0 radical (unpaired) electrons. The summed E-state index contributed by atoms with van der Waals surface area (Å²) in [6.45, 7) is 11.3. The average Bonchev–Trinajstić information content (AvgIpc) is 3.04. The number of carbonyl (C=O) groups excluding carboxylic acids is 1. The maximum Gasteiger partial charge on any atom is 0.276 e. The van der Waals surface area contributed by atoms with E-state index in [2.05, 4.69) is 28.8 Å². The number of amides is 1. The van der Waals surface area contributed by atoms with Gasteiger partial charge in [0.1, 0.15) is 0 Å². The lowest BCUT2D eigenvalue weighted by atomic mass is 10.0. The molecule has 6 nitrogen and oxygen atoms in total. The Hall–Kier alpha value is -1.40. The first kappa shape index (κ1) is 16.5. The van der Waals surface area contributed by atoms with Crippen LogP contribution in [0.5, 0.6) is 0 Å². The Bertz CT molecular complexity index is 522. The molecule has 0 N–H and O–H groups in total.